The Morgan fingerprint density at radius 2 is 1.80 bits per heavy atom. The van der Waals surface area contributed by atoms with E-state index in [2.05, 4.69) is 31.3 Å². The average molecular weight is 339 g/mol. The number of hydrogen-bond donors (Lipinski definition) is 1. The van der Waals surface area contributed by atoms with E-state index < -0.39 is 10.8 Å². The summed E-state index contributed by atoms with van der Waals surface area (Å²) in [5.74, 6) is -0.406. The highest BCUT2D eigenvalue weighted by atomic mass is 16.6. The summed E-state index contributed by atoms with van der Waals surface area (Å²) in [7, 11) is 0. The van der Waals surface area contributed by atoms with E-state index >= 15 is 0 Å². The maximum absolute atomic E-state index is 11.9. The second kappa shape index (κ2) is 7.70. The third-order valence-electron chi connectivity index (χ3n) is 3.72. The van der Waals surface area contributed by atoms with Gasteiger partial charge in [-0.15, -0.1) is 0 Å². The number of nitro groups is 1. The third-order valence-corrected chi connectivity index (χ3v) is 3.72. The van der Waals surface area contributed by atoms with Gasteiger partial charge in [0.2, 0.25) is 5.91 Å². The zero-order valence-electron chi connectivity index (χ0n) is 14.5. The molecule has 0 spiro atoms. The molecule has 1 N–H and O–H groups in total. The second-order valence-electron chi connectivity index (χ2n) is 6.73. The molecule has 0 radical (unpaired) electrons. The van der Waals surface area contributed by atoms with Gasteiger partial charge >= 0.3 is 0 Å². The fourth-order valence-corrected chi connectivity index (χ4v) is 2.30. The number of nitrogens with zero attached hydrogens (tertiary/aromatic N) is 2. The molecule has 0 aliphatic rings. The van der Waals surface area contributed by atoms with E-state index in [9.17, 15) is 14.9 Å². The molecule has 0 unspecified atom stereocenters. The van der Waals surface area contributed by atoms with Crippen LogP contribution in [0.2, 0.25) is 0 Å². The van der Waals surface area contributed by atoms with Crippen LogP contribution in [0.3, 0.4) is 0 Å². The topological polar surface area (TPSA) is 84.6 Å². The van der Waals surface area contributed by atoms with Crippen LogP contribution in [0.15, 0.2) is 53.6 Å². The molecule has 0 heterocycles. The largest absolute Gasteiger partial charge is 0.273 e. The number of para-hydroxylation sites is 1. The Kier molecular flexibility index (Phi) is 5.64. The van der Waals surface area contributed by atoms with Crippen LogP contribution in [0.1, 0.15) is 37.5 Å². The number of nitro benzene ring substituents is 1. The molecular weight excluding hydrogens is 318 g/mol. The Hall–Kier alpha value is -3.02. The van der Waals surface area contributed by atoms with E-state index in [-0.39, 0.29) is 17.5 Å². The zero-order chi connectivity index (χ0) is 18.4. The molecular formula is C19H21N3O3. The highest BCUT2D eigenvalue weighted by Crippen LogP contribution is 2.21. The molecule has 1 amide bonds. The Morgan fingerprint density at radius 3 is 2.40 bits per heavy atom. The normalized spacial score (nSPS) is 11.5. The van der Waals surface area contributed by atoms with Crippen molar-refractivity contribution in [3.05, 3.63) is 75.3 Å². The molecule has 0 saturated heterocycles. The van der Waals surface area contributed by atoms with Crippen molar-refractivity contribution in [2.24, 2.45) is 5.10 Å². The van der Waals surface area contributed by atoms with Gasteiger partial charge in [0.15, 0.2) is 0 Å². The van der Waals surface area contributed by atoms with Crippen molar-refractivity contribution in [1.29, 1.82) is 0 Å². The van der Waals surface area contributed by atoms with Gasteiger partial charge in [-0.25, -0.2) is 5.43 Å². The van der Waals surface area contributed by atoms with Gasteiger partial charge in [0.1, 0.15) is 0 Å². The Morgan fingerprint density at radius 1 is 1.16 bits per heavy atom. The van der Waals surface area contributed by atoms with Crippen LogP contribution in [-0.4, -0.2) is 17.0 Å². The van der Waals surface area contributed by atoms with Crippen LogP contribution >= 0.6 is 0 Å². The van der Waals surface area contributed by atoms with Crippen molar-refractivity contribution in [3.63, 3.8) is 0 Å². The van der Waals surface area contributed by atoms with E-state index in [0.717, 1.165) is 5.56 Å². The standard InChI is InChI=1S/C19H21N3O3/c1-19(2,3)16-10-8-14(9-11-16)13-20-21-18(23)12-15-6-4-5-7-17(15)22(24)25/h4-11,13H,12H2,1-3H3,(H,21,23). The Labute approximate surface area is 146 Å². The summed E-state index contributed by atoms with van der Waals surface area (Å²) in [6.07, 6.45) is 1.45. The number of carbonyl (C=O) groups excluding carboxylic acids is 1. The van der Waals surface area contributed by atoms with Gasteiger partial charge < -0.3 is 0 Å². The fraction of sp³-hybridized carbons (Fsp3) is 0.263. The summed E-state index contributed by atoms with van der Waals surface area (Å²) in [6.45, 7) is 6.41. The van der Waals surface area contributed by atoms with Gasteiger partial charge in [0.25, 0.3) is 5.69 Å². The lowest BCUT2D eigenvalue weighted by molar-refractivity contribution is -0.385. The SMILES string of the molecule is CC(C)(C)c1ccc(C=NNC(=O)Cc2ccccc2[N+](=O)[O-])cc1. The summed E-state index contributed by atoms with van der Waals surface area (Å²) in [5, 5.41) is 14.9. The lowest BCUT2D eigenvalue weighted by Crippen LogP contribution is -2.20. The number of amides is 1. The first-order valence-electron chi connectivity index (χ1n) is 7.92. The van der Waals surface area contributed by atoms with E-state index in [4.69, 9.17) is 0 Å². The quantitative estimate of drug-likeness (QED) is 0.513. The number of nitrogens with one attached hydrogen (secondary N) is 1. The van der Waals surface area contributed by atoms with Gasteiger partial charge in [-0.2, -0.15) is 5.10 Å². The van der Waals surface area contributed by atoms with E-state index in [1.165, 1.54) is 11.6 Å². The molecule has 0 aromatic heterocycles. The molecule has 2 rings (SSSR count). The maximum atomic E-state index is 11.9. The average Bonchev–Trinajstić information content (AvgIpc) is 2.55. The molecule has 0 bridgehead atoms. The van der Waals surface area contributed by atoms with Crippen molar-refractivity contribution < 1.29 is 9.72 Å². The summed E-state index contributed by atoms with van der Waals surface area (Å²) in [6, 6.07) is 14.1. The lowest BCUT2D eigenvalue weighted by Gasteiger charge is -2.18. The molecule has 6 nitrogen and oxygen atoms in total. The highest BCUT2D eigenvalue weighted by Gasteiger charge is 2.15. The van der Waals surface area contributed by atoms with Crippen LogP contribution < -0.4 is 5.43 Å². The predicted octanol–water partition coefficient (Wildman–Crippen LogP) is 3.59. The van der Waals surface area contributed by atoms with Crippen molar-refractivity contribution in [1.82, 2.24) is 5.43 Å². The summed E-state index contributed by atoms with van der Waals surface area (Å²) >= 11 is 0. The number of hydrazone groups is 1. The van der Waals surface area contributed by atoms with Crippen LogP contribution in [0.4, 0.5) is 5.69 Å². The molecule has 0 atom stereocenters. The van der Waals surface area contributed by atoms with Crippen molar-refractivity contribution >= 4 is 17.8 Å². The minimum atomic E-state index is -0.497. The first-order valence-corrected chi connectivity index (χ1v) is 7.92. The first kappa shape index (κ1) is 18.3. The molecule has 2 aromatic carbocycles. The minimum absolute atomic E-state index is 0.0700. The van der Waals surface area contributed by atoms with Gasteiger partial charge in [-0.3, -0.25) is 14.9 Å². The first-order chi connectivity index (χ1) is 11.8. The number of benzene rings is 2. The molecule has 6 heteroatoms. The van der Waals surface area contributed by atoms with Gasteiger partial charge in [-0.1, -0.05) is 63.2 Å². The van der Waals surface area contributed by atoms with Crippen LogP contribution in [0.25, 0.3) is 0 Å². The summed E-state index contributed by atoms with van der Waals surface area (Å²) in [4.78, 5) is 22.4. The van der Waals surface area contributed by atoms with Crippen molar-refractivity contribution in [3.8, 4) is 0 Å². The Bertz CT molecular complexity index is 790. The highest BCUT2D eigenvalue weighted by molar-refractivity contribution is 5.83. The number of rotatable bonds is 5. The second-order valence-corrected chi connectivity index (χ2v) is 6.73. The maximum Gasteiger partial charge on any atom is 0.273 e. The van der Waals surface area contributed by atoms with Gasteiger partial charge in [0.05, 0.1) is 17.6 Å². The molecule has 130 valence electrons. The van der Waals surface area contributed by atoms with Crippen LogP contribution in [0, 0.1) is 10.1 Å². The van der Waals surface area contributed by atoms with E-state index in [0.29, 0.717) is 5.56 Å². The summed E-state index contributed by atoms with van der Waals surface area (Å²) < 4.78 is 0. The molecule has 2 aromatic rings. The minimum Gasteiger partial charge on any atom is -0.273 e. The molecule has 0 aliphatic heterocycles. The molecule has 0 saturated carbocycles. The van der Waals surface area contributed by atoms with Crippen molar-refractivity contribution in [2.45, 2.75) is 32.6 Å². The third kappa shape index (κ3) is 5.24. The lowest BCUT2D eigenvalue weighted by atomic mass is 9.87. The van der Waals surface area contributed by atoms with Gasteiger partial charge in [-0.05, 0) is 16.5 Å². The van der Waals surface area contributed by atoms with Crippen LogP contribution in [0.5, 0.6) is 0 Å². The summed E-state index contributed by atoms with van der Waals surface area (Å²) in [5.41, 5.74) is 4.84. The van der Waals surface area contributed by atoms with Crippen LogP contribution in [-0.2, 0) is 16.6 Å². The zero-order valence-corrected chi connectivity index (χ0v) is 14.5. The molecule has 0 fully saturated rings. The van der Waals surface area contributed by atoms with E-state index in [1.54, 1.807) is 24.4 Å². The smallest absolute Gasteiger partial charge is 0.273 e. The van der Waals surface area contributed by atoms with E-state index in [1.807, 2.05) is 24.3 Å². The predicted molar refractivity (Wildman–Crippen MR) is 97.7 cm³/mol. The fourth-order valence-electron chi connectivity index (χ4n) is 2.30. The van der Waals surface area contributed by atoms with Gasteiger partial charge in [0, 0.05) is 11.6 Å². The van der Waals surface area contributed by atoms with Crippen molar-refractivity contribution in [2.75, 3.05) is 0 Å². The molecule has 25 heavy (non-hydrogen) atoms. The molecule has 0 aliphatic carbocycles. The number of carbonyl (C=O) groups is 1. The Balaban J connectivity index is 1.96. The number of hydrogen-bond acceptors (Lipinski definition) is 4. The monoisotopic (exact) mass is 339 g/mol.